The molecule has 1 heterocycles. The first-order chi connectivity index (χ1) is 13.2. The smallest absolute Gasteiger partial charge is 0.416 e. The van der Waals surface area contributed by atoms with E-state index in [-0.39, 0.29) is 6.54 Å². The Morgan fingerprint density at radius 1 is 1.21 bits per heavy atom. The first kappa shape index (κ1) is 20.4. The molecule has 0 amide bonds. The molecule has 0 radical (unpaired) electrons. The Hall–Kier alpha value is -2.38. The number of rotatable bonds is 7. The molecule has 150 valence electrons. The summed E-state index contributed by atoms with van der Waals surface area (Å²) in [4.78, 5) is 12.5. The van der Waals surface area contributed by atoms with Crippen molar-refractivity contribution < 1.29 is 27.8 Å². The summed E-state index contributed by atoms with van der Waals surface area (Å²) in [5, 5.41) is 8.89. The standard InChI is InChI=1S/C21H22F3NO3/c1-25(13-19(26)27)11-5-10-20(18-9-3-2-6-15(18)14-28-20)16-7-4-8-17(12-16)21(22,23)24/h2-4,6-9,12H,5,10-11,13-14H2,1H3,(H,26,27). The van der Waals surface area contributed by atoms with Gasteiger partial charge in [0.15, 0.2) is 0 Å². The molecule has 0 saturated heterocycles. The molecule has 7 heteroatoms. The van der Waals surface area contributed by atoms with Gasteiger partial charge in [-0.15, -0.1) is 0 Å². The third kappa shape index (κ3) is 4.20. The zero-order chi connectivity index (χ0) is 20.4. The van der Waals surface area contributed by atoms with Gasteiger partial charge in [0, 0.05) is 0 Å². The van der Waals surface area contributed by atoms with Crippen LogP contribution in [0.15, 0.2) is 48.5 Å². The number of benzene rings is 2. The highest BCUT2D eigenvalue weighted by atomic mass is 19.4. The average molecular weight is 393 g/mol. The van der Waals surface area contributed by atoms with Gasteiger partial charge in [-0.2, -0.15) is 13.2 Å². The Bertz CT molecular complexity index is 853. The fraction of sp³-hybridized carbons (Fsp3) is 0.381. The van der Waals surface area contributed by atoms with Gasteiger partial charge in [0.2, 0.25) is 0 Å². The van der Waals surface area contributed by atoms with Gasteiger partial charge in [-0.05, 0) is 55.3 Å². The molecular weight excluding hydrogens is 371 g/mol. The minimum absolute atomic E-state index is 0.0893. The summed E-state index contributed by atoms with van der Waals surface area (Å²) in [5.41, 5.74) is 0.615. The summed E-state index contributed by atoms with van der Waals surface area (Å²) in [7, 11) is 1.70. The number of carbonyl (C=O) groups is 1. The number of hydrogen-bond acceptors (Lipinski definition) is 3. The summed E-state index contributed by atoms with van der Waals surface area (Å²) in [6, 6.07) is 12.8. The van der Waals surface area contributed by atoms with Crippen LogP contribution in [0, 0.1) is 0 Å². The lowest BCUT2D eigenvalue weighted by Gasteiger charge is -2.31. The highest BCUT2D eigenvalue weighted by Crippen LogP contribution is 2.46. The molecule has 0 aliphatic carbocycles. The minimum Gasteiger partial charge on any atom is -0.480 e. The van der Waals surface area contributed by atoms with Crippen molar-refractivity contribution in [1.29, 1.82) is 0 Å². The molecule has 1 unspecified atom stereocenters. The zero-order valence-corrected chi connectivity index (χ0v) is 15.5. The second-order valence-electron chi connectivity index (χ2n) is 7.09. The Morgan fingerprint density at radius 2 is 1.96 bits per heavy atom. The van der Waals surface area contributed by atoms with Gasteiger partial charge in [0.25, 0.3) is 0 Å². The van der Waals surface area contributed by atoms with Crippen molar-refractivity contribution in [2.45, 2.75) is 31.2 Å². The van der Waals surface area contributed by atoms with Crippen LogP contribution < -0.4 is 0 Å². The Balaban J connectivity index is 1.93. The minimum atomic E-state index is -4.43. The molecule has 0 bridgehead atoms. The molecule has 0 aromatic heterocycles. The van der Waals surface area contributed by atoms with Crippen molar-refractivity contribution in [3.63, 3.8) is 0 Å². The molecule has 1 aliphatic rings. The Kier molecular flexibility index (Phi) is 5.76. The highest BCUT2D eigenvalue weighted by Gasteiger charge is 2.42. The topological polar surface area (TPSA) is 49.8 Å². The van der Waals surface area contributed by atoms with Gasteiger partial charge in [-0.1, -0.05) is 36.4 Å². The van der Waals surface area contributed by atoms with Crippen LogP contribution in [-0.2, 0) is 27.9 Å². The maximum Gasteiger partial charge on any atom is 0.416 e. The molecule has 1 aliphatic heterocycles. The van der Waals surface area contributed by atoms with Crippen LogP contribution in [0.25, 0.3) is 0 Å². The van der Waals surface area contributed by atoms with E-state index in [0.717, 1.165) is 23.3 Å². The molecular formula is C21H22F3NO3. The average Bonchev–Trinajstić information content (AvgIpc) is 3.01. The molecule has 0 saturated carbocycles. The van der Waals surface area contributed by atoms with Gasteiger partial charge in [-0.25, -0.2) is 0 Å². The molecule has 0 spiro atoms. The third-order valence-electron chi connectivity index (χ3n) is 5.06. The van der Waals surface area contributed by atoms with Crippen molar-refractivity contribution in [2.75, 3.05) is 20.1 Å². The van der Waals surface area contributed by atoms with Crippen LogP contribution in [0.1, 0.15) is 35.1 Å². The van der Waals surface area contributed by atoms with Gasteiger partial charge >= 0.3 is 12.1 Å². The zero-order valence-electron chi connectivity index (χ0n) is 15.5. The number of fused-ring (bicyclic) bond motifs is 1. The van der Waals surface area contributed by atoms with E-state index in [4.69, 9.17) is 9.84 Å². The number of nitrogens with zero attached hydrogens (tertiary/aromatic N) is 1. The van der Waals surface area contributed by atoms with Crippen LogP contribution in [0.5, 0.6) is 0 Å². The molecule has 2 aromatic carbocycles. The highest BCUT2D eigenvalue weighted by molar-refractivity contribution is 5.69. The first-order valence-electron chi connectivity index (χ1n) is 9.03. The van der Waals surface area contributed by atoms with E-state index in [1.807, 2.05) is 24.3 Å². The molecule has 3 rings (SSSR count). The number of likely N-dealkylation sites (N-methyl/N-ethyl adjacent to an activating group) is 1. The summed E-state index contributed by atoms with van der Waals surface area (Å²) in [5.74, 6) is -0.919. The predicted molar refractivity (Wildman–Crippen MR) is 97.8 cm³/mol. The number of carboxylic acids is 1. The molecule has 28 heavy (non-hydrogen) atoms. The van der Waals surface area contributed by atoms with Crippen molar-refractivity contribution in [3.05, 3.63) is 70.8 Å². The van der Waals surface area contributed by atoms with Crippen molar-refractivity contribution in [3.8, 4) is 0 Å². The number of halogens is 3. The van der Waals surface area contributed by atoms with Gasteiger partial charge in [0.1, 0.15) is 5.60 Å². The van der Waals surface area contributed by atoms with Crippen molar-refractivity contribution in [2.24, 2.45) is 0 Å². The van der Waals surface area contributed by atoms with Crippen molar-refractivity contribution >= 4 is 5.97 Å². The number of alkyl halides is 3. The van der Waals surface area contributed by atoms with Crippen LogP contribution >= 0.6 is 0 Å². The third-order valence-corrected chi connectivity index (χ3v) is 5.06. The maximum atomic E-state index is 13.3. The lowest BCUT2D eigenvalue weighted by Crippen LogP contribution is -2.31. The van der Waals surface area contributed by atoms with Gasteiger partial charge in [0.05, 0.1) is 18.7 Å². The summed E-state index contributed by atoms with van der Waals surface area (Å²) in [6.45, 7) is 0.740. The van der Waals surface area contributed by atoms with Gasteiger partial charge < -0.3 is 9.84 Å². The van der Waals surface area contributed by atoms with E-state index >= 15 is 0 Å². The van der Waals surface area contributed by atoms with Crippen LogP contribution in [0.3, 0.4) is 0 Å². The SMILES string of the molecule is CN(CCCC1(c2cccc(C(F)(F)F)c2)OCc2ccccc21)CC(=O)O. The lowest BCUT2D eigenvalue weighted by atomic mass is 9.81. The molecule has 4 nitrogen and oxygen atoms in total. The Labute approximate surface area is 161 Å². The summed E-state index contributed by atoms with van der Waals surface area (Å²) in [6.07, 6.45) is -3.40. The summed E-state index contributed by atoms with van der Waals surface area (Å²) < 4.78 is 45.9. The quantitative estimate of drug-likeness (QED) is 0.763. The fourth-order valence-corrected chi connectivity index (χ4v) is 3.76. The Morgan fingerprint density at radius 3 is 2.68 bits per heavy atom. The van der Waals surface area contributed by atoms with E-state index in [1.165, 1.54) is 6.07 Å². The second kappa shape index (κ2) is 7.93. The lowest BCUT2D eigenvalue weighted by molar-refractivity contribution is -0.138. The maximum absolute atomic E-state index is 13.3. The van der Waals surface area contributed by atoms with Crippen LogP contribution in [-0.4, -0.2) is 36.1 Å². The van der Waals surface area contributed by atoms with Crippen molar-refractivity contribution in [1.82, 2.24) is 4.90 Å². The van der Waals surface area contributed by atoms with Crippen LogP contribution in [0.2, 0.25) is 0 Å². The normalized spacial score (nSPS) is 19.0. The predicted octanol–water partition coefficient (Wildman–Crippen LogP) is 4.28. The molecule has 2 aromatic rings. The van der Waals surface area contributed by atoms with Gasteiger partial charge in [-0.3, -0.25) is 9.69 Å². The van der Waals surface area contributed by atoms with E-state index in [1.54, 1.807) is 18.0 Å². The number of carboxylic acid groups (broad SMARTS) is 1. The number of aliphatic carboxylic acids is 1. The molecule has 1 atom stereocenters. The van der Waals surface area contributed by atoms with E-state index < -0.39 is 23.3 Å². The molecule has 0 fully saturated rings. The largest absolute Gasteiger partial charge is 0.480 e. The summed E-state index contributed by atoms with van der Waals surface area (Å²) >= 11 is 0. The van der Waals surface area contributed by atoms with E-state index in [2.05, 4.69) is 0 Å². The second-order valence-corrected chi connectivity index (χ2v) is 7.09. The van der Waals surface area contributed by atoms with E-state index in [0.29, 0.717) is 31.6 Å². The fourth-order valence-electron chi connectivity index (χ4n) is 3.76. The first-order valence-corrected chi connectivity index (χ1v) is 9.03. The molecule has 1 N–H and O–H groups in total. The monoisotopic (exact) mass is 393 g/mol. The number of hydrogen-bond donors (Lipinski definition) is 1. The number of ether oxygens (including phenoxy) is 1. The van der Waals surface area contributed by atoms with E-state index in [9.17, 15) is 18.0 Å². The van der Waals surface area contributed by atoms with Crippen LogP contribution in [0.4, 0.5) is 13.2 Å².